The molecule has 0 aliphatic carbocycles. The second-order valence-corrected chi connectivity index (χ2v) is 5.73. The maximum Gasteiger partial charge on any atom is 0.334 e. The Kier molecular flexibility index (Phi) is 10.0. The van der Waals surface area contributed by atoms with Crippen molar-refractivity contribution in [3.63, 3.8) is 0 Å². The molecule has 0 aliphatic heterocycles. The van der Waals surface area contributed by atoms with Gasteiger partial charge in [0.1, 0.15) is 5.75 Å². The number of unbranched alkanes of at least 4 members (excludes halogenated alkanes) is 3. The highest BCUT2D eigenvalue weighted by Crippen LogP contribution is 2.16. The summed E-state index contributed by atoms with van der Waals surface area (Å²) in [7, 11) is 0. The average molecular weight is 390 g/mol. The number of rotatable bonds is 10. The minimum Gasteiger partial charge on any atom is -0.494 e. The second kappa shape index (κ2) is 11.6. The third kappa shape index (κ3) is 7.85. The average Bonchev–Trinajstić information content (AvgIpc) is 2.52. The summed E-state index contributed by atoms with van der Waals surface area (Å²) >= 11 is 9.13. The SMILES string of the molecule is CCOC(=O)/C(=C/CCCCCOc1ccc(Cl)cc1)CBr. The summed E-state index contributed by atoms with van der Waals surface area (Å²) in [6.07, 6.45) is 5.90. The van der Waals surface area contributed by atoms with Crippen LogP contribution >= 0.6 is 27.5 Å². The van der Waals surface area contributed by atoms with Crippen LogP contribution in [0.25, 0.3) is 0 Å². The van der Waals surface area contributed by atoms with Gasteiger partial charge in [0.2, 0.25) is 0 Å². The number of esters is 1. The van der Waals surface area contributed by atoms with E-state index < -0.39 is 0 Å². The van der Waals surface area contributed by atoms with E-state index >= 15 is 0 Å². The van der Waals surface area contributed by atoms with Crippen molar-refractivity contribution in [3.8, 4) is 5.75 Å². The fourth-order valence-electron chi connectivity index (χ4n) is 1.84. The van der Waals surface area contributed by atoms with E-state index in [1.165, 1.54) is 0 Å². The van der Waals surface area contributed by atoms with Crippen LogP contribution in [0.5, 0.6) is 5.75 Å². The summed E-state index contributed by atoms with van der Waals surface area (Å²) in [5, 5.41) is 1.24. The number of ether oxygens (including phenoxy) is 2. The third-order valence-corrected chi connectivity index (χ3v) is 3.86. The molecule has 0 aromatic heterocycles. The Bertz CT molecular complexity index is 471. The van der Waals surface area contributed by atoms with E-state index in [0.29, 0.717) is 29.1 Å². The molecular weight excluding hydrogens is 368 g/mol. The zero-order valence-electron chi connectivity index (χ0n) is 12.8. The Morgan fingerprint density at radius 3 is 2.59 bits per heavy atom. The molecule has 0 saturated heterocycles. The molecule has 0 atom stereocenters. The Morgan fingerprint density at radius 1 is 1.23 bits per heavy atom. The van der Waals surface area contributed by atoms with Crippen molar-refractivity contribution in [3.05, 3.63) is 40.9 Å². The molecule has 0 aliphatic rings. The van der Waals surface area contributed by atoms with Crippen molar-refractivity contribution < 1.29 is 14.3 Å². The van der Waals surface area contributed by atoms with Gasteiger partial charge in [0.05, 0.1) is 13.2 Å². The lowest BCUT2D eigenvalue weighted by atomic mass is 10.1. The van der Waals surface area contributed by atoms with Crippen LogP contribution in [0.3, 0.4) is 0 Å². The van der Waals surface area contributed by atoms with E-state index in [-0.39, 0.29) is 5.97 Å². The van der Waals surface area contributed by atoms with Gasteiger partial charge >= 0.3 is 5.97 Å². The topological polar surface area (TPSA) is 35.5 Å². The Labute approximate surface area is 145 Å². The first kappa shape index (κ1) is 19.0. The lowest BCUT2D eigenvalue weighted by molar-refractivity contribution is -0.138. The van der Waals surface area contributed by atoms with Gasteiger partial charge in [-0.05, 0) is 56.9 Å². The van der Waals surface area contributed by atoms with Gasteiger partial charge in [-0.1, -0.05) is 33.6 Å². The van der Waals surface area contributed by atoms with E-state index in [1.54, 1.807) is 0 Å². The van der Waals surface area contributed by atoms with E-state index in [4.69, 9.17) is 21.1 Å². The van der Waals surface area contributed by atoms with Crippen molar-refractivity contribution in [2.45, 2.75) is 32.6 Å². The molecule has 0 radical (unpaired) electrons. The standard InChI is InChI=1S/C17H22BrClO3/c1-2-21-17(20)14(13-18)7-5-3-4-6-12-22-16-10-8-15(19)9-11-16/h7-11H,2-6,12-13H2,1H3/b14-7+. The molecule has 0 heterocycles. The molecule has 5 heteroatoms. The molecule has 22 heavy (non-hydrogen) atoms. The largest absolute Gasteiger partial charge is 0.494 e. The number of carbonyl (C=O) groups excluding carboxylic acids is 1. The maximum atomic E-state index is 11.6. The first-order valence-corrected chi connectivity index (χ1v) is 8.97. The third-order valence-electron chi connectivity index (χ3n) is 3.00. The molecule has 0 saturated carbocycles. The molecule has 0 N–H and O–H groups in total. The zero-order chi connectivity index (χ0) is 16.2. The fourth-order valence-corrected chi connectivity index (χ4v) is 2.42. The first-order chi connectivity index (χ1) is 10.7. The number of hydrogen-bond acceptors (Lipinski definition) is 3. The van der Waals surface area contributed by atoms with Crippen molar-refractivity contribution in [2.75, 3.05) is 18.5 Å². The van der Waals surface area contributed by atoms with Crippen LogP contribution in [0.15, 0.2) is 35.9 Å². The number of hydrogen-bond donors (Lipinski definition) is 0. The number of benzene rings is 1. The number of halogens is 2. The molecule has 0 unspecified atom stereocenters. The minimum atomic E-state index is -0.231. The quantitative estimate of drug-likeness (QED) is 0.240. The van der Waals surface area contributed by atoms with Crippen molar-refractivity contribution >= 4 is 33.5 Å². The zero-order valence-corrected chi connectivity index (χ0v) is 15.2. The molecule has 122 valence electrons. The Hall–Kier alpha value is -1.000. The Morgan fingerprint density at radius 2 is 1.95 bits per heavy atom. The highest BCUT2D eigenvalue weighted by atomic mass is 79.9. The predicted molar refractivity (Wildman–Crippen MR) is 93.9 cm³/mol. The summed E-state index contributed by atoms with van der Waals surface area (Å²) in [5.74, 6) is 0.610. The van der Waals surface area contributed by atoms with E-state index in [0.717, 1.165) is 31.4 Å². The van der Waals surface area contributed by atoms with Crippen LogP contribution in [0.1, 0.15) is 32.6 Å². The van der Waals surface area contributed by atoms with Gasteiger partial charge in [0.15, 0.2) is 0 Å². The van der Waals surface area contributed by atoms with Gasteiger partial charge in [-0.15, -0.1) is 0 Å². The lowest BCUT2D eigenvalue weighted by Crippen LogP contribution is -2.08. The molecule has 0 bridgehead atoms. The number of allylic oxidation sites excluding steroid dienone is 1. The molecule has 0 amide bonds. The van der Waals surface area contributed by atoms with E-state index in [1.807, 2.05) is 37.3 Å². The molecule has 1 rings (SSSR count). The van der Waals surface area contributed by atoms with Crippen LogP contribution in [-0.4, -0.2) is 24.5 Å². The van der Waals surface area contributed by atoms with Gasteiger partial charge in [0, 0.05) is 15.9 Å². The van der Waals surface area contributed by atoms with Crippen LogP contribution in [0, 0.1) is 0 Å². The van der Waals surface area contributed by atoms with Crippen LogP contribution in [-0.2, 0) is 9.53 Å². The molecule has 3 nitrogen and oxygen atoms in total. The number of alkyl halides is 1. The normalized spacial score (nSPS) is 11.3. The molecule has 0 fully saturated rings. The second-order valence-electron chi connectivity index (χ2n) is 4.74. The van der Waals surface area contributed by atoms with Crippen molar-refractivity contribution in [1.29, 1.82) is 0 Å². The highest BCUT2D eigenvalue weighted by molar-refractivity contribution is 9.09. The van der Waals surface area contributed by atoms with E-state index in [9.17, 15) is 4.79 Å². The first-order valence-electron chi connectivity index (χ1n) is 7.47. The Balaban J connectivity index is 2.14. The van der Waals surface area contributed by atoms with Gasteiger partial charge in [-0.3, -0.25) is 0 Å². The van der Waals surface area contributed by atoms with Crippen molar-refractivity contribution in [2.24, 2.45) is 0 Å². The van der Waals surface area contributed by atoms with Crippen LogP contribution in [0.4, 0.5) is 0 Å². The highest BCUT2D eigenvalue weighted by Gasteiger charge is 2.07. The summed E-state index contributed by atoms with van der Waals surface area (Å²) in [4.78, 5) is 11.6. The maximum absolute atomic E-state index is 11.6. The summed E-state index contributed by atoms with van der Waals surface area (Å²) in [6, 6.07) is 7.37. The van der Waals surface area contributed by atoms with Crippen LogP contribution < -0.4 is 4.74 Å². The summed E-state index contributed by atoms with van der Waals surface area (Å²) < 4.78 is 10.6. The monoisotopic (exact) mass is 388 g/mol. The van der Waals surface area contributed by atoms with Gasteiger partial charge in [-0.2, -0.15) is 0 Å². The predicted octanol–water partition coefficient (Wildman–Crippen LogP) is 5.16. The van der Waals surface area contributed by atoms with Gasteiger partial charge < -0.3 is 9.47 Å². The smallest absolute Gasteiger partial charge is 0.334 e. The molecule has 1 aromatic rings. The minimum absolute atomic E-state index is 0.231. The van der Waals surface area contributed by atoms with E-state index in [2.05, 4.69) is 15.9 Å². The van der Waals surface area contributed by atoms with Gasteiger partial charge in [0.25, 0.3) is 0 Å². The number of carbonyl (C=O) groups is 1. The lowest BCUT2D eigenvalue weighted by Gasteiger charge is -2.06. The van der Waals surface area contributed by atoms with Gasteiger partial charge in [-0.25, -0.2) is 4.79 Å². The fraction of sp³-hybridized carbons (Fsp3) is 0.471. The molecular formula is C17H22BrClO3. The molecule has 1 aromatic carbocycles. The molecule has 0 spiro atoms. The summed E-state index contributed by atoms with van der Waals surface area (Å²) in [6.45, 7) is 2.91. The van der Waals surface area contributed by atoms with Crippen molar-refractivity contribution in [1.82, 2.24) is 0 Å². The summed E-state index contributed by atoms with van der Waals surface area (Å²) in [5.41, 5.74) is 0.694. The van der Waals surface area contributed by atoms with Crippen LogP contribution in [0.2, 0.25) is 5.02 Å².